The standard InChI is InChI=1S/C16H16N4O3/c21-16(10-7-12-5-8-14(9-6-12)20(22)23)15-11-19(18-17-15)13-3-1-2-4-13/h5-11,13H,1-4H2/b10-7+. The van der Waals surface area contributed by atoms with Gasteiger partial charge in [0.2, 0.25) is 5.78 Å². The van der Waals surface area contributed by atoms with Crippen molar-refractivity contribution in [2.45, 2.75) is 31.7 Å². The van der Waals surface area contributed by atoms with Crippen LogP contribution < -0.4 is 0 Å². The van der Waals surface area contributed by atoms with E-state index in [1.54, 1.807) is 29.1 Å². The number of ketones is 1. The lowest BCUT2D eigenvalue weighted by Crippen LogP contribution is -2.05. The van der Waals surface area contributed by atoms with E-state index in [2.05, 4.69) is 10.3 Å². The molecule has 1 aliphatic carbocycles. The molecule has 1 aliphatic rings. The molecule has 1 fully saturated rings. The summed E-state index contributed by atoms with van der Waals surface area (Å²) in [6.07, 6.45) is 9.25. The van der Waals surface area contributed by atoms with Gasteiger partial charge >= 0.3 is 0 Å². The van der Waals surface area contributed by atoms with Gasteiger partial charge in [-0.25, -0.2) is 4.68 Å². The van der Waals surface area contributed by atoms with Crippen molar-refractivity contribution in [3.63, 3.8) is 0 Å². The summed E-state index contributed by atoms with van der Waals surface area (Å²) >= 11 is 0. The molecule has 118 valence electrons. The van der Waals surface area contributed by atoms with Gasteiger partial charge < -0.3 is 0 Å². The van der Waals surface area contributed by atoms with Gasteiger partial charge in [-0.05, 0) is 36.6 Å². The highest BCUT2D eigenvalue weighted by Crippen LogP contribution is 2.28. The highest BCUT2D eigenvalue weighted by Gasteiger charge is 2.19. The normalized spacial score (nSPS) is 15.3. The average molecular weight is 312 g/mol. The lowest BCUT2D eigenvalue weighted by Gasteiger charge is -2.06. The van der Waals surface area contributed by atoms with E-state index in [1.807, 2.05) is 0 Å². The van der Waals surface area contributed by atoms with Crippen molar-refractivity contribution >= 4 is 17.5 Å². The van der Waals surface area contributed by atoms with Gasteiger partial charge in [0.25, 0.3) is 5.69 Å². The number of non-ortho nitro benzene ring substituents is 1. The molecule has 0 atom stereocenters. The van der Waals surface area contributed by atoms with Gasteiger partial charge in [-0.2, -0.15) is 0 Å². The SMILES string of the molecule is O=C(/C=C/c1ccc([N+](=O)[O-])cc1)c1cn(C2CCCC2)nn1. The molecule has 0 unspecified atom stereocenters. The maximum Gasteiger partial charge on any atom is 0.269 e. The molecule has 0 saturated heterocycles. The number of carbonyl (C=O) groups excluding carboxylic acids is 1. The molecule has 7 heteroatoms. The minimum absolute atomic E-state index is 0.0213. The van der Waals surface area contributed by atoms with Crippen molar-refractivity contribution < 1.29 is 9.72 Å². The number of nitro groups is 1. The smallest absolute Gasteiger partial charge is 0.269 e. The Morgan fingerprint density at radius 3 is 2.61 bits per heavy atom. The fraction of sp³-hybridized carbons (Fsp3) is 0.312. The van der Waals surface area contributed by atoms with Crippen LogP contribution in [0.15, 0.2) is 36.5 Å². The summed E-state index contributed by atoms with van der Waals surface area (Å²) in [6, 6.07) is 6.35. The topological polar surface area (TPSA) is 90.9 Å². The van der Waals surface area contributed by atoms with Crippen LogP contribution in [0.25, 0.3) is 6.08 Å². The molecule has 0 bridgehead atoms. The molecular formula is C16H16N4O3. The predicted molar refractivity (Wildman–Crippen MR) is 84.0 cm³/mol. The van der Waals surface area contributed by atoms with Crippen molar-refractivity contribution in [1.29, 1.82) is 0 Å². The van der Waals surface area contributed by atoms with Gasteiger partial charge in [0.15, 0.2) is 5.69 Å². The third-order valence-electron chi connectivity index (χ3n) is 3.99. The van der Waals surface area contributed by atoms with Crippen molar-refractivity contribution in [1.82, 2.24) is 15.0 Å². The number of carbonyl (C=O) groups is 1. The van der Waals surface area contributed by atoms with Gasteiger partial charge in [0.1, 0.15) is 0 Å². The number of nitro benzene ring substituents is 1. The summed E-state index contributed by atoms with van der Waals surface area (Å²) in [5.74, 6) is -0.229. The van der Waals surface area contributed by atoms with Crippen LogP contribution in [0, 0.1) is 10.1 Å². The summed E-state index contributed by atoms with van der Waals surface area (Å²) in [4.78, 5) is 22.2. The number of aromatic nitrogens is 3. The van der Waals surface area contributed by atoms with Gasteiger partial charge in [-0.3, -0.25) is 14.9 Å². The van der Waals surface area contributed by atoms with E-state index in [0.29, 0.717) is 17.3 Å². The Morgan fingerprint density at radius 1 is 1.26 bits per heavy atom. The summed E-state index contributed by atoms with van der Waals surface area (Å²) in [7, 11) is 0. The zero-order valence-corrected chi connectivity index (χ0v) is 12.5. The first-order chi connectivity index (χ1) is 11.1. The van der Waals surface area contributed by atoms with Crippen LogP contribution in [0.4, 0.5) is 5.69 Å². The Labute approximate surface area is 132 Å². The van der Waals surface area contributed by atoms with Crippen LogP contribution >= 0.6 is 0 Å². The fourth-order valence-electron chi connectivity index (χ4n) is 2.70. The average Bonchev–Trinajstić information content (AvgIpc) is 3.23. The monoisotopic (exact) mass is 312 g/mol. The van der Waals surface area contributed by atoms with E-state index in [-0.39, 0.29) is 11.5 Å². The molecule has 2 aromatic rings. The Balaban J connectivity index is 1.67. The Morgan fingerprint density at radius 2 is 1.96 bits per heavy atom. The maximum atomic E-state index is 12.1. The number of rotatable bonds is 5. The molecule has 1 aromatic heterocycles. The zero-order chi connectivity index (χ0) is 16.2. The first-order valence-corrected chi connectivity index (χ1v) is 7.52. The van der Waals surface area contributed by atoms with E-state index >= 15 is 0 Å². The molecule has 1 saturated carbocycles. The first kappa shape index (κ1) is 15.1. The number of allylic oxidation sites excluding steroid dienone is 1. The predicted octanol–water partition coefficient (Wildman–Crippen LogP) is 3.20. The van der Waals surface area contributed by atoms with Crippen molar-refractivity contribution in [2.24, 2.45) is 0 Å². The minimum atomic E-state index is -0.458. The molecule has 1 heterocycles. The first-order valence-electron chi connectivity index (χ1n) is 7.52. The Kier molecular flexibility index (Phi) is 4.27. The number of benzene rings is 1. The van der Waals surface area contributed by atoms with Crippen LogP contribution in [0.3, 0.4) is 0 Å². The van der Waals surface area contributed by atoms with E-state index in [9.17, 15) is 14.9 Å². The molecular weight excluding hydrogens is 296 g/mol. The highest BCUT2D eigenvalue weighted by atomic mass is 16.6. The van der Waals surface area contributed by atoms with E-state index in [1.165, 1.54) is 31.1 Å². The van der Waals surface area contributed by atoms with E-state index in [0.717, 1.165) is 12.8 Å². The van der Waals surface area contributed by atoms with Gasteiger partial charge in [-0.15, -0.1) is 5.10 Å². The second-order valence-electron chi connectivity index (χ2n) is 5.57. The molecule has 1 aromatic carbocycles. The van der Waals surface area contributed by atoms with E-state index < -0.39 is 4.92 Å². The Hall–Kier alpha value is -2.83. The fourth-order valence-corrected chi connectivity index (χ4v) is 2.70. The van der Waals surface area contributed by atoms with Gasteiger partial charge in [-0.1, -0.05) is 24.1 Å². The van der Waals surface area contributed by atoms with Crippen molar-refractivity contribution in [2.75, 3.05) is 0 Å². The third-order valence-corrected chi connectivity index (χ3v) is 3.99. The molecule has 0 N–H and O–H groups in total. The number of nitrogens with zero attached hydrogens (tertiary/aromatic N) is 4. The maximum absolute atomic E-state index is 12.1. The van der Waals surface area contributed by atoms with Crippen LogP contribution in [-0.2, 0) is 0 Å². The van der Waals surface area contributed by atoms with Crippen molar-refractivity contribution in [3.8, 4) is 0 Å². The summed E-state index contributed by atoms with van der Waals surface area (Å²) < 4.78 is 1.78. The van der Waals surface area contributed by atoms with Crippen LogP contribution in [0.1, 0.15) is 47.8 Å². The quantitative estimate of drug-likeness (QED) is 0.366. The summed E-state index contributed by atoms with van der Waals surface area (Å²) in [5.41, 5.74) is 1.05. The third kappa shape index (κ3) is 3.50. The molecule has 7 nitrogen and oxygen atoms in total. The van der Waals surface area contributed by atoms with Gasteiger partial charge in [0.05, 0.1) is 17.2 Å². The van der Waals surface area contributed by atoms with Crippen LogP contribution in [0.2, 0.25) is 0 Å². The molecule has 0 spiro atoms. The zero-order valence-electron chi connectivity index (χ0n) is 12.5. The number of hydrogen-bond acceptors (Lipinski definition) is 5. The molecule has 0 aliphatic heterocycles. The van der Waals surface area contributed by atoms with Crippen molar-refractivity contribution in [3.05, 3.63) is 57.9 Å². The summed E-state index contributed by atoms with van der Waals surface area (Å²) in [6.45, 7) is 0. The molecule has 3 rings (SSSR count). The molecule has 23 heavy (non-hydrogen) atoms. The summed E-state index contributed by atoms with van der Waals surface area (Å²) in [5, 5.41) is 18.6. The largest absolute Gasteiger partial charge is 0.287 e. The minimum Gasteiger partial charge on any atom is -0.287 e. The van der Waals surface area contributed by atoms with Crippen LogP contribution in [-0.4, -0.2) is 25.7 Å². The second kappa shape index (κ2) is 6.51. The number of hydrogen-bond donors (Lipinski definition) is 0. The molecule has 0 amide bonds. The molecule has 0 radical (unpaired) electrons. The Bertz CT molecular complexity index is 743. The second-order valence-corrected chi connectivity index (χ2v) is 5.57. The van der Waals surface area contributed by atoms with Gasteiger partial charge in [0, 0.05) is 12.1 Å². The lowest BCUT2D eigenvalue weighted by molar-refractivity contribution is -0.384. The van der Waals surface area contributed by atoms with E-state index in [4.69, 9.17) is 0 Å². The highest BCUT2D eigenvalue weighted by molar-refractivity contribution is 6.05. The lowest BCUT2D eigenvalue weighted by atomic mass is 10.1. The van der Waals surface area contributed by atoms with Crippen LogP contribution in [0.5, 0.6) is 0 Å².